The van der Waals surface area contributed by atoms with Crippen LogP contribution in [0.25, 0.3) is 0 Å². The highest BCUT2D eigenvalue weighted by Gasteiger charge is 2.25. The van der Waals surface area contributed by atoms with E-state index in [0.717, 1.165) is 24.3 Å². The molecular weight excluding hydrogens is 224 g/mol. The van der Waals surface area contributed by atoms with E-state index < -0.39 is 0 Å². The molecule has 3 heteroatoms. The Balaban J connectivity index is 1.97. The zero-order valence-electron chi connectivity index (χ0n) is 11.2. The Morgan fingerprint density at radius 3 is 2.33 bits per heavy atom. The molecule has 1 fully saturated rings. The summed E-state index contributed by atoms with van der Waals surface area (Å²) in [4.78, 5) is 14.2. The average molecular weight is 246 g/mol. The number of nitrogens with two attached hydrogens (primary N) is 1. The molecule has 1 aliphatic rings. The van der Waals surface area contributed by atoms with Crippen LogP contribution >= 0.6 is 0 Å². The number of amides is 1. The van der Waals surface area contributed by atoms with Crippen molar-refractivity contribution >= 4 is 11.6 Å². The molecule has 0 bridgehead atoms. The summed E-state index contributed by atoms with van der Waals surface area (Å²) in [7, 11) is 0. The van der Waals surface area contributed by atoms with Crippen LogP contribution in [0, 0.1) is 11.8 Å². The van der Waals surface area contributed by atoms with Gasteiger partial charge >= 0.3 is 0 Å². The Morgan fingerprint density at radius 1 is 1.22 bits per heavy atom. The maximum Gasteiger partial charge on any atom is 0.227 e. The first-order valence-corrected chi connectivity index (χ1v) is 6.67. The number of benzene rings is 1. The van der Waals surface area contributed by atoms with Gasteiger partial charge in [0.25, 0.3) is 0 Å². The summed E-state index contributed by atoms with van der Waals surface area (Å²) >= 11 is 0. The third kappa shape index (κ3) is 3.25. The van der Waals surface area contributed by atoms with Crippen molar-refractivity contribution in [3.05, 3.63) is 29.8 Å². The van der Waals surface area contributed by atoms with Crippen molar-refractivity contribution < 1.29 is 4.79 Å². The molecule has 1 heterocycles. The minimum Gasteiger partial charge on any atom is -0.399 e. The smallest absolute Gasteiger partial charge is 0.227 e. The van der Waals surface area contributed by atoms with Gasteiger partial charge in [-0.05, 0) is 36.0 Å². The van der Waals surface area contributed by atoms with Gasteiger partial charge < -0.3 is 10.6 Å². The molecule has 0 unspecified atom stereocenters. The van der Waals surface area contributed by atoms with Crippen LogP contribution in [-0.2, 0) is 11.2 Å². The summed E-state index contributed by atoms with van der Waals surface area (Å²) < 4.78 is 0. The van der Waals surface area contributed by atoms with Crippen molar-refractivity contribution in [2.24, 2.45) is 11.8 Å². The minimum atomic E-state index is 0.234. The van der Waals surface area contributed by atoms with Crippen LogP contribution < -0.4 is 5.73 Å². The highest BCUT2D eigenvalue weighted by atomic mass is 16.2. The number of hydrogen-bond acceptors (Lipinski definition) is 2. The van der Waals surface area contributed by atoms with Crippen molar-refractivity contribution in [2.75, 3.05) is 18.8 Å². The number of rotatable bonds is 2. The fraction of sp³-hybridized carbons (Fsp3) is 0.533. The standard InChI is InChI=1S/C15H22N2O/c1-11-7-12(2)10-17(9-11)15(18)8-13-3-5-14(16)6-4-13/h3-6,11-12H,7-10,16H2,1-2H3/t11-,12-/m0/s1. The second-order valence-electron chi connectivity index (χ2n) is 5.66. The van der Waals surface area contributed by atoms with Crippen molar-refractivity contribution in [3.8, 4) is 0 Å². The van der Waals surface area contributed by atoms with E-state index in [1.807, 2.05) is 29.2 Å². The molecule has 1 aliphatic heterocycles. The van der Waals surface area contributed by atoms with Gasteiger partial charge in [-0.25, -0.2) is 0 Å². The molecule has 3 nitrogen and oxygen atoms in total. The lowest BCUT2D eigenvalue weighted by molar-refractivity contribution is -0.133. The van der Waals surface area contributed by atoms with E-state index in [4.69, 9.17) is 5.73 Å². The Bertz CT molecular complexity index is 403. The van der Waals surface area contributed by atoms with Gasteiger partial charge in [0, 0.05) is 18.8 Å². The number of hydrogen-bond donors (Lipinski definition) is 1. The molecule has 2 N–H and O–H groups in total. The summed E-state index contributed by atoms with van der Waals surface area (Å²) in [5.74, 6) is 1.46. The van der Waals surface area contributed by atoms with Gasteiger partial charge in [-0.3, -0.25) is 4.79 Å². The van der Waals surface area contributed by atoms with Gasteiger partial charge in [0.15, 0.2) is 0 Å². The number of likely N-dealkylation sites (tertiary alicyclic amines) is 1. The van der Waals surface area contributed by atoms with E-state index in [1.54, 1.807) is 0 Å². The summed E-state index contributed by atoms with van der Waals surface area (Å²) in [5, 5.41) is 0. The number of anilines is 1. The fourth-order valence-electron chi connectivity index (χ4n) is 2.79. The molecule has 0 aromatic heterocycles. The van der Waals surface area contributed by atoms with Gasteiger partial charge in [-0.1, -0.05) is 26.0 Å². The van der Waals surface area contributed by atoms with E-state index in [1.165, 1.54) is 6.42 Å². The van der Waals surface area contributed by atoms with Crippen molar-refractivity contribution in [3.63, 3.8) is 0 Å². The first-order valence-electron chi connectivity index (χ1n) is 6.67. The van der Waals surface area contributed by atoms with Crippen LogP contribution in [0.2, 0.25) is 0 Å². The molecule has 1 aromatic rings. The van der Waals surface area contributed by atoms with Crippen LogP contribution in [0.15, 0.2) is 24.3 Å². The SMILES string of the molecule is C[C@H]1C[C@H](C)CN(C(=O)Cc2ccc(N)cc2)C1. The molecule has 1 amide bonds. The zero-order chi connectivity index (χ0) is 13.1. The van der Waals surface area contributed by atoms with E-state index >= 15 is 0 Å². The van der Waals surface area contributed by atoms with Crippen molar-refractivity contribution in [1.29, 1.82) is 0 Å². The Kier molecular flexibility index (Phi) is 3.90. The Hall–Kier alpha value is -1.51. The maximum atomic E-state index is 12.2. The zero-order valence-corrected chi connectivity index (χ0v) is 11.2. The summed E-state index contributed by atoms with van der Waals surface area (Å²) in [6.07, 6.45) is 1.71. The number of nitrogens with zero attached hydrogens (tertiary/aromatic N) is 1. The quantitative estimate of drug-likeness (QED) is 0.814. The number of piperidine rings is 1. The molecule has 2 rings (SSSR count). The largest absolute Gasteiger partial charge is 0.399 e. The Labute approximate surface area is 109 Å². The summed E-state index contributed by atoms with van der Waals surface area (Å²) in [5.41, 5.74) is 7.43. The van der Waals surface area contributed by atoms with Crippen LogP contribution in [0.1, 0.15) is 25.8 Å². The number of nitrogen functional groups attached to an aromatic ring is 1. The second kappa shape index (κ2) is 5.42. The van der Waals surface area contributed by atoms with Crippen LogP contribution in [0.5, 0.6) is 0 Å². The molecular formula is C15H22N2O. The third-order valence-electron chi connectivity index (χ3n) is 3.56. The molecule has 0 aliphatic carbocycles. The number of carbonyl (C=O) groups excluding carboxylic acids is 1. The lowest BCUT2D eigenvalue weighted by Gasteiger charge is -2.35. The van der Waals surface area contributed by atoms with E-state index in [0.29, 0.717) is 18.3 Å². The highest BCUT2D eigenvalue weighted by Crippen LogP contribution is 2.21. The van der Waals surface area contributed by atoms with Crippen LogP contribution in [0.4, 0.5) is 5.69 Å². The van der Waals surface area contributed by atoms with Gasteiger partial charge in [0.05, 0.1) is 6.42 Å². The molecule has 0 spiro atoms. The highest BCUT2D eigenvalue weighted by molar-refractivity contribution is 5.79. The van der Waals surface area contributed by atoms with Crippen LogP contribution in [-0.4, -0.2) is 23.9 Å². The van der Waals surface area contributed by atoms with Gasteiger partial charge in [0.2, 0.25) is 5.91 Å². The molecule has 1 saturated heterocycles. The molecule has 98 valence electrons. The monoisotopic (exact) mass is 246 g/mol. The summed E-state index contributed by atoms with van der Waals surface area (Å²) in [6.45, 7) is 6.24. The second-order valence-corrected chi connectivity index (χ2v) is 5.66. The minimum absolute atomic E-state index is 0.234. The van der Waals surface area contributed by atoms with Gasteiger partial charge in [0.1, 0.15) is 0 Å². The predicted octanol–water partition coefficient (Wildman–Crippen LogP) is 2.32. The van der Waals surface area contributed by atoms with Crippen molar-refractivity contribution in [1.82, 2.24) is 4.90 Å². The van der Waals surface area contributed by atoms with Crippen molar-refractivity contribution in [2.45, 2.75) is 26.7 Å². The average Bonchev–Trinajstić information content (AvgIpc) is 2.31. The molecule has 1 aromatic carbocycles. The van der Waals surface area contributed by atoms with Gasteiger partial charge in [-0.2, -0.15) is 0 Å². The summed E-state index contributed by atoms with van der Waals surface area (Å²) in [6, 6.07) is 7.57. The Morgan fingerprint density at radius 2 is 1.78 bits per heavy atom. The van der Waals surface area contributed by atoms with E-state index in [-0.39, 0.29) is 5.91 Å². The lowest BCUT2D eigenvalue weighted by Crippen LogP contribution is -2.43. The van der Waals surface area contributed by atoms with E-state index in [9.17, 15) is 4.79 Å². The van der Waals surface area contributed by atoms with E-state index in [2.05, 4.69) is 13.8 Å². The predicted molar refractivity (Wildman–Crippen MR) is 74.1 cm³/mol. The fourth-order valence-corrected chi connectivity index (χ4v) is 2.79. The molecule has 0 saturated carbocycles. The molecule has 0 radical (unpaired) electrons. The molecule has 18 heavy (non-hydrogen) atoms. The maximum absolute atomic E-state index is 12.2. The first kappa shape index (κ1) is 12.9. The lowest BCUT2D eigenvalue weighted by atomic mass is 9.91. The van der Waals surface area contributed by atoms with Crippen LogP contribution in [0.3, 0.4) is 0 Å². The first-order chi connectivity index (χ1) is 8.54. The number of carbonyl (C=O) groups is 1. The normalized spacial score (nSPS) is 24.0. The topological polar surface area (TPSA) is 46.3 Å². The van der Waals surface area contributed by atoms with Gasteiger partial charge in [-0.15, -0.1) is 0 Å². The third-order valence-corrected chi connectivity index (χ3v) is 3.56. The molecule has 2 atom stereocenters.